The Bertz CT molecular complexity index is 361. The molecule has 1 amide bonds. The molecule has 0 saturated heterocycles. The number of aryl methyl sites for hydroxylation is 1. The molecule has 0 aliphatic heterocycles. The van der Waals surface area contributed by atoms with Gasteiger partial charge in [0.05, 0.1) is 6.10 Å². The Morgan fingerprint density at radius 1 is 1.29 bits per heavy atom. The van der Waals surface area contributed by atoms with Gasteiger partial charge >= 0.3 is 0 Å². The lowest BCUT2D eigenvalue weighted by atomic mass is 10.1. The molecule has 0 radical (unpaired) electrons. The highest BCUT2D eigenvalue weighted by Gasteiger charge is 2.04. The second-order valence-electron chi connectivity index (χ2n) is 4.26. The quantitative estimate of drug-likeness (QED) is 0.821. The van der Waals surface area contributed by atoms with Crippen molar-refractivity contribution in [2.45, 2.75) is 39.8 Å². The summed E-state index contributed by atoms with van der Waals surface area (Å²) in [4.78, 5) is 11.5. The van der Waals surface area contributed by atoms with Gasteiger partial charge in [0.25, 0.3) is 0 Å². The van der Waals surface area contributed by atoms with E-state index in [-0.39, 0.29) is 18.6 Å². The highest BCUT2D eigenvalue weighted by Crippen LogP contribution is 2.08. The molecule has 0 fully saturated rings. The molecular formula is C14H21NO2. The van der Waals surface area contributed by atoms with Gasteiger partial charge < -0.3 is 10.1 Å². The first-order chi connectivity index (χ1) is 8.13. The minimum atomic E-state index is -0.0652. The molecule has 0 saturated carbocycles. The Hall–Kier alpha value is -1.35. The summed E-state index contributed by atoms with van der Waals surface area (Å²) < 4.78 is 5.24. The molecule has 3 heteroatoms. The average Bonchev–Trinajstić information content (AvgIpc) is 2.34. The molecule has 17 heavy (non-hydrogen) atoms. The van der Waals surface area contributed by atoms with E-state index in [1.807, 2.05) is 32.0 Å². The Morgan fingerprint density at radius 3 is 2.53 bits per heavy atom. The van der Waals surface area contributed by atoms with Crippen LogP contribution in [0.2, 0.25) is 0 Å². The SMILES string of the molecule is CCc1ccccc1CNC(=O)COC(C)C. The molecule has 0 atom stereocenters. The highest BCUT2D eigenvalue weighted by atomic mass is 16.5. The van der Waals surface area contributed by atoms with Crippen LogP contribution in [-0.2, 0) is 22.5 Å². The van der Waals surface area contributed by atoms with E-state index >= 15 is 0 Å². The third-order valence-electron chi connectivity index (χ3n) is 2.52. The largest absolute Gasteiger partial charge is 0.369 e. The van der Waals surface area contributed by atoms with Crippen LogP contribution in [0.4, 0.5) is 0 Å². The Labute approximate surface area is 103 Å². The van der Waals surface area contributed by atoms with Gasteiger partial charge in [-0.05, 0) is 31.4 Å². The van der Waals surface area contributed by atoms with Gasteiger partial charge in [-0.2, -0.15) is 0 Å². The normalized spacial score (nSPS) is 10.6. The van der Waals surface area contributed by atoms with E-state index in [1.54, 1.807) is 0 Å². The molecular weight excluding hydrogens is 214 g/mol. The summed E-state index contributed by atoms with van der Waals surface area (Å²) in [6.07, 6.45) is 1.07. The van der Waals surface area contributed by atoms with Crippen LogP contribution in [-0.4, -0.2) is 18.6 Å². The van der Waals surface area contributed by atoms with Crippen molar-refractivity contribution in [2.75, 3.05) is 6.61 Å². The van der Waals surface area contributed by atoms with Crippen LogP contribution in [0.3, 0.4) is 0 Å². The zero-order valence-electron chi connectivity index (χ0n) is 10.8. The fourth-order valence-electron chi connectivity index (χ4n) is 1.56. The molecule has 0 aromatic heterocycles. The second-order valence-corrected chi connectivity index (χ2v) is 4.26. The fourth-order valence-corrected chi connectivity index (χ4v) is 1.56. The summed E-state index contributed by atoms with van der Waals surface area (Å²) >= 11 is 0. The van der Waals surface area contributed by atoms with Crippen molar-refractivity contribution in [3.63, 3.8) is 0 Å². The molecule has 0 aliphatic rings. The average molecular weight is 235 g/mol. The van der Waals surface area contributed by atoms with Crippen molar-refractivity contribution >= 4 is 5.91 Å². The van der Waals surface area contributed by atoms with Gasteiger partial charge in [0, 0.05) is 6.54 Å². The van der Waals surface area contributed by atoms with Gasteiger partial charge in [-0.1, -0.05) is 31.2 Å². The minimum Gasteiger partial charge on any atom is -0.369 e. The van der Waals surface area contributed by atoms with E-state index in [2.05, 4.69) is 18.3 Å². The van der Waals surface area contributed by atoms with Gasteiger partial charge in [0.15, 0.2) is 0 Å². The first kappa shape index (κ1) is 13.7. The number of benzene rings is 1. The minimum absolute atomic E-state index is 0.0652. The van der Waals surface area contributed by atoms with Crippen molar-refractivity contribution in [3.05, 3.63) is 35.4 Å². The van der Waals surface area contributed by atoms with Crippen LogP contribution < -0.4 is 5.32 Å². The van der Waals surface area contributed by atoms with Crippen molar-refractivity contribution in [2.24, 2.45) is 0 Å². The van der Waals surface area contributed by atoms with Crippen molar-refractivity contribution in [3.8, 4) is 0 Å². The van der Waals surface area contributed by atoms with Gasteiger partial charge in [-0.15, -0.1) is 0 Å². The van der Waals surface area contributed by atoms with Gasteiger partial charge in [0.2, 0.25) is 5.91 Å². The zero-order chi connectivity index (χ0) is 12.7. The molecule has 0 unspecified atom stereocenters. The first-order valence-corrected chi connectivity index (χ1v) is 6.08. The molecule has 0 spiro atoms. The predicted molar refractivity (Wildman–Crippen MR) is 68.8 cm³/mol. The number of nitrogens with one attached hydrogen (secondary N) is 1. The van der Waals surface area contributed by atoms with Crippen LogP contribution in [0, 0.1) is 0 Å². The van der Waals surface area contributed by atoms with Gasteiger partial charge in [-0.3, -0.25) is 4.79 Å². The lowest BCUT2D eigenvalue weighted by Crippen LogP contribution is -2.28. The summed E-state index contributed by atoms with van der Waals surface area (Å²) in [5.74, 6) is -0.0652. The standard InChI is InChI=1S/C14H21NO2/c1-4-12-7-5-6-8-13(12)9-15-14(16)10-17-11(2)3/h5-8,11H,4,9-10H2,1-3H3,(H,15,16). The number of hydrogen-bond acceptors (Lipinski definition) is 2. The van der Waals surface area contributed by atoms with Crippen molar-refractivity contribution in [1.29, 1.82) is 0 Å². The summed E-state index contributed by atoms with van der Waals surface area (Å²) in [7, 11) is 0. The van der Waals surface area contributed by atoms with Crippen LogP contribution in [0.5, 0.6) is 0 Å². The number of carbonyl (C=O) groups is 1. The number of amides is 1. The molecule has 1 aromatic rings. The van der Waals surface area contributed by atoms with Crippen LogP contribution in [0.25, 0.3) is 0 Å². The third kappa shape index (κ3) is 5.00. The molecule has 3 nitrogen and oxygen atoms in total. The molecule has 1 aromatic carbocycles. The highest BCUT2D eigenvalue weighted by molar-refractivity contribution is 5.77. The van der Waals surface area contributed by atoms with E-state index in [0.717, 1.165) is 6.42 Å². The summed E-state index contributed by atoms with van der Waals surface area (Å²) in [6, 6.07) is 8.14. The maximum Gasteiger partial charge on any atom is 0.246 e. The van der Waals surface area contributed by atoms with Crippen molar-refractivity contribution in [1.82, 2.24) is 5.32 Å². The van der Waals surface area contributed by atoms with E-state index in [1.165, 1.54) is 11.1 Å². The lowest BCUT2D eigenvalue weighted by molar-refractivity contribution is -0.127. The number of ether oxygens (including phenoxy) is 1. The van der Waals surface area contributed by atoms with Crippen LogP contribution >= 0.6 is 0 Å². The summed E-state index contributed by atoms with van der Waals surface area (Å²) in [6.45, 7) is 6.65. The monoisotopic (exact) mass is 235 g/mol. The molecule has 94 valence electrons. The first-order valence-electron chi connectivity index (χ1n) is 6.08. The summed E-state index contributed by atoms with van der Waals surface area (Å²) in [5.41, 5.74) is 2.45. The molecule has 0 bridgehead atoms. The fraction of sp³-hybridized carbons (Fsp3) is 0.500. The Balaban J connectivity index is 2.42. The maximum atomic E-state index is 11.5. The number of rotatable bonds is 6. The number of carbonyl (C=O) groups excluding carboxylic acids is 1. The number of hydrogen-bond donors (Lipinski definition) is 1. The van der Waals surface area contributed by atoms with Crippen LogP contribution in [0.15, 0.2) is 24.3 Å². The lowest BCUT2D eigenvalue weighted by Gasteiger charge is -2.10. The predicted octanol–water partition coefficient (Wildman–Crippen LogP) is 2.29. The third-order valence-corrected chi connectivity index (χ3v) is 2.52. The van der Waals surface area contributed by atoms with Crippen molar-refractivity contribution < 1.29 is 9.53 Å². The Morgan fingerprint density at radius 2 is 1.94 bits per heavy atom. The van der Waals surface area contributed by atoms with E-state index in [4.69, 9.17) is 4.74 Å². The van der Waals surface area contributed by atoms with Crippen LogP contribution in [0.1, 0.15) is 31.9 Å². The zero-order valence-corrected chi connectivity index (χ0v) is 10.8. The van der Waals surface area contributed by atoms with E-state index < -0.39 is 0 Å². The smallest absolute Gasteiger partial charge is 0.246 e. The van der Waals surface area contributed by atoms with E-state index in [0.29, 0.717) is 6.54 Å². The van der Waals surface area contributed by atoms with Gasteiger partial charge in [0.1, 0.15) is 6.61 Å². The van der Waals surface area contributed by atoms with Gasteiger partial charge in [-0.25, -0.2) is 0 Å². The van der Waals surface area contributed by atoms with E-state index in [9.17, 15) is 4.79 Å². The topological polar surface area (TPSA) is 38.3 Å². The second kappa shape index (κ2) is 7.07. The summed E-state index contributed by atoms with van der Waals surface area (Å²) in [5, 5.41) is 2.87. The molecule has 0 aliphatic carbocycles. The Kier molecular flexibility index (Phi) is 5.70. The molecule has 1 rings (SSSR count). The maximum absolute atomic E-state index is 11.5. The molecule has 0 heterocycles. The molecule has 1 N–H and O–H groups in total.